The first kappa shape index (κ1) is 14.1. The number of aromatic nitrogens is 1. The Kier molecular flexibility index (Phi) is 4.26. The highest BCUT2D eigenvalue weighted by atomic mass is 19.1. The van der Waals surface area contributed by atoms with Crippen LogP contribution in [-0.2, 0) is 5.54 Å². The van der Waals surface area contributed by atoms with Crippen LogP contribution in [0.4, 0.5) is 4.39 Å². The van der Waals surface area contributed by atoms with Crippen LogP contribution in [0.2, 0.25) is 0 Å². The van der Waals surface area contributed by atoms with Gasteiger partial charge in [-0.25, -0.2) is 4.39 Å². The molecule has 0 saturated carbocycles. The summed E-state index contributed by atoms with van der Waals surface area (Å²) in [5.41, 5.74) is 6.98. The summed E-state index contributed by atoms with van der Waals surface area (Å²) in [6, 6.07) is 3.12. The molecule has 1 aromatic heterocycles. The normalized spacial score (nSPS) is 15.6. The number of pyridine rings is 1. The van der Waals surface area contributed by atoms with Gasteiger partial charge in [0, 0.05) is 0 Å². The van der Waals surface area contributed by atoms with E-state index >= 15 is 0 Å². The summed E-state index contributed by atoms with van der Waals surface area (Å²) in [6.45, 7) is 8.64. The maximum atomic E-state index is 12.9. The van der Waals surface area contributed by atoms with E-state index in [0.717, 1.165) is 25.0 Å². The molecule has 2 nitrogen and oxygen atoms in total. The second-order valence-electron chi connectivity index (χ2n) is 5.93. The van der Waals surface area contributed by atoms with Gasteiger partial charge in [-0.15, -0.1) is 0 Å². The lowest BCUT2D eigenvalue weighted by molar-refractivity contribution is 0.283. The van der Waals surface area contributed by atoms with Crippen molar-refractivity contribution >= 4 is 0 Å². The lowest BCUT2D eigenvalue weighted by Crippen LogP contribution is -2.37. The highest BCUT2D eigenvalue weighted by Crippen LogP contribution is 2.31. The lowest BCUT2D eigenvalue weighted by Gasteiger charge is -2.31. The molecule has 3 heteroatoms. The van der Waals surface area contributed by atoms with E-state index in [9.17, 15) is 4.39 Å². The van der Waals surface area contributed by atoms with E-state index in [1.54, 1.807) is 6.07 Å². The largest absolute Gasteiger partial charge is 0.320 e. The zero-order chi connectivity index (χ0) is 13.1. The maximum Gasteiger partial charge on any atom is 0.141 e. The summed E-state index contributed by atoms with van der Waals surface area (Å²) in [7, 11) is 0. The predicted molar refractivity (Wildman–Crippen MR) is 69.0 cm³/mol. The van der Waals surface area contributed by atoms with Gasteiger partial charge in [0.2, 0.25) is 0 Å². The number of hydrogen-bond acceptors (Lipinski definition) is 2. The molecule has 0 aliphatic carbocycles. The van der Waals surface area contributed by atoms with Gasteiger partial charge in [0.25, 0.3) is 0 Å². The zero-order valence-electron chi connectivity index (χ0n) is 11.3. The van der Waals surface area contributed by atoms with E-state index in [1.165, 1.54) is 12.3 Å². The minimum atomic E-state index is -0.443. The second-order valence-corrected chi connectivity index (χ2v) is 5.93. The molecular formula is C14H23FN2. The van der Waals surface area contributed by atoms with Gasteiger partial charge in [-0.1, -0.05) is 27.7 Å². The average Bonchev–Trinajstić information content (AvgIpc) is 2.26. The summed E-state index contributed by atoms with van der Waals surface area (Å²) in [5, 5.41) is 0. The molecule has 0 spiro atoms. The van der Waals surface area contributed by atoms with E-state index in [4.69, 9.17) is 5.73 Å². The molecule has 0 radical (unpaired) electrons. The third kappa shape index (κ3) is 4.08. The fourth-order valence-electron chi connectivity index (χ4n) is 1.75. The molecule has 96 valence electrons. The summed E-state index contributed by atoms with van der Waals surface area (Å²) < 4.78 is 12.9. The van der Waals surface area contributed by atoms with Gasteiger partial charge in [-0.05, 0) is 36.8 Å². The van der Waals surface area contributed by atoms with Crippen LogP contribution < -0.4 is 5.73 Å². The van der Waals surface area contributed by atoms with Crippen molar-refractivity contribution in [2.45, 2.75) is 52.5 Å². The van der Waals surface area contributed by atoms with Crippen molar-refractivity contribution in [1.82, 2.24) is 4.98 Å². The van der Waals surface area contributed by atoms with Crippen LogP contribution in [0.15, 0.2) is 18.3 Å². The van der Waals surface area contributed by atoms with Gasteiger partial charge >= 0.3 is 0 Å². The van der Waals surface area contributed by atoms with E-state index in [1.807, 2.05) is 6.92 Å². The minimum Gasteiger partial charge on any atom is -0.320 e. The van der Waals surface area contributed by atoms with E-state index in [-0.39, 0.29) is 11.2 Å². The Hall–Kier alpha value is -0.960. The quantitative estimate of drug-likeness (QED) is 0.870. The number of hydrogen-bond donors (Lipinski definition) is 1. The molecular weight excluding hydrogens is 215 g/mol. The maximum absolute atomic E-state index is 12.9. The van der Waals surface area contributed by atoms with E-state index in [2.05, 4.69) is 25.8 Å². The van der Waals surface area contributed by atoms with Crippen molar-refractivity contribution < 1.29 is 4.39 Å². The van der Waals surface area contributed by atoms with Gasteiger partial charge < -0.3 is 5.73 Å². The Morgan fingerprint density at radius 1 is 1.24 bits per heavy atom. The van der Waals surface area contributed by atoms with Crippen molar-refractivity contribution in [2.24, 2.45) is 11.1 Å². The summed E-state index contributed by atoms with van der Waals surface area (Å²) in [4.78, 5) is 4.12. The lowest BCUT2D eigenvalue weighted by atomic mass is 9.80. The smallest absolute Gasteiger partial charge is 0.141 e. The molecule has 0 aliphatic heterocycles. The van der Waals surface area contributed by atoms with Crippen LogP contribution in [0.5, 0.6) is 0 Å². The molecule has 17 heavy (non-hydrogen) atoms. The topological polar surface area (TPSA) is 38.9 Å². The van der Waals surface area contributed by atoms with Crippen LogP contribution in [0.3, 0.4) is 0 Å². The van der Waals surface area contributed by atoms with Gasteiger partial charge in [0.1, 0.15) is 5.82 Å². The SMILES string of the molecule is CCC(N)(CCC(C)(C)C)c1ccc(F)cn1. The Morgan fingerprint density at radius 2 is 1.88 bits per heavy atom. The average molecular weight is 238 g/mol. The van der Waals surface area contributed by atoms with Crippen LogP contribution >= 0.6 is 0 Å². The Morgan fingerprint density at radius 3 is 2.29 bits per heavy atom. The third-order valence-electron chi connectivity index (χ3n) is 3.19. The minimum absolute atomic E-state index is 0.250. The Bertz CT molecular complexity index is 353. The predicted octanol–water partition coefficient (Wildman–Crippen LogP) is 3.61. The molecule has 1 heterocycles. The van der Waals surface area contributed by atoms with Crippen molar-refractivity contribution in [2.75, 3.05) is 0 Å². The molecule has 0 aromatic carbocycles. The highest BCUT2D eigenvalue weighted by Gasteiger charge is 2.28. The Labute approximate surface area is 103 Å². The first-order valence-electron chi connectivity index (χ1n) is 6.18. The molecule has 1 rings (SSSR count). The van der Waals surface area contributed by atoms with E-state index in [0.29, 0.717) is 0 Å². The highest BCUT2D eigenvalue weighted by molar-refractivity contribution is 5.15. The number of halogens is 1. The third-order valence-corrected chi connectivity index (χ3v) is 3.19. The van der Waals surface area contributed by atoms with Crippen LogP contribution in [-0.4, -0.2) is 4.98 Å². The van der Waals surface area contributed by atoms with Crippen LogP contribution in [0.25, 0.3) is 0 Å². The van der Waals surface area contributed by atoms with Gasteiger partial charge in [0.05, 0.1) is 17.4 Å². The second kappa shape index (κ2) is 5.13. The van der Waals surface area contributed by atoms with Crippen molar-refractivity contribution in [3.8, 4) is 0 Å². The summed E-state index contributed by atoms with van der Waals surface area (Å²) in [6.07, 6.45) is 3.94. The summed E-state index contributed by atoms with van der Waals surface area (Å²) in [5.74, 6) is -0.317. The van der Waals surface area contributed by atoms with Crippen LogP contribution in [0, 0.1) is 11.2 Å². The molecule has 1 aromatic rings. The zero-order valence-corrected chi connectivity index (χ0v) is 11.3. The molecule has 0 aliphatic rings. The van der Waals surface area contributed by atoms with Crippen molar-refractivity contribution in [3.05, 3.63) is 29.8 Å². The first-order chi connectivity index (χ1) is 7.77. The van der Waals surface area contributed by atoms with Gasteiger partial charge in [0.15, 0.2) is 0 Å². The molecule has 0 amide bonds. The Balaban J connectivity index is 2.84. The summed E-state index contributed by atoms with van der Waals surface area (Å²) >= 11 is 0. The van der Waals surface area contributed by atoms with Crippen molar-refractivity contribution in [3.63, 3.8) is 0 Å². The molecule has 0 fully saturated rings. The molecule has 2 N–H and O–H groups in total. The standard InChI is InChI=1S/C14H23FN2/c1-5-14(16,9-8-13(2,3)4)12-7-6-11(15)10-17-12/h6-7,10H,5,8-9,16H2,1-4H3. The number of nitrogens with zero attached hydrogens (tertiary/aromatic N) is 1. The monoisotopic (exact) mass is 238 g/mol. The van der Waals surface area contributed by atoms with E-state index < -0.39 is 5.54 Å². The number of rotatable bonds is 4. The molecule has 0 bridgehead atoms. The molecule has 1 unspecified atom stereocenters. The van der Waals surface area contributed by atoms with Crippen molar-refractivity contribution in [1.29, 1.82) is 0 Å². The fraction of sp³-hybridized carbons (Fsp3) is 0.643. The number of nitrogens with two attached hydrogens (primary N) is 1. The van der Waals surface area contributed by atoms with Gasteiger partial charge in [-0.3, -0.25) is 4.98 Å². The first-order valence-corrected chi connectivity index (χ1v) is 6.18. The van der Waals surface area contributed by atoms with Crippen LogP contribution in [0.1, 0.15) is 52.7 Å². The van der Waals surface area contributed by atoms with Gasteiger partial charge in [-0.2, -0.15) is 0 Å². The fourth-order valence-corrected chi connectivity index (χ4v) is 1.75. The molecule has 0 saturated heterocycles. The molecule has 1 atom stereocenters.